The van der Waals surface area contributed by atoms with Crippen molar-refractivity contribution in [1.82, 2.24) is 14.8 Å². The second kappa shape index (κ2) is 5.83. The maximum Gasteiger partial charge on any atom is 0.225 e. The Kier molecular flexibility index (Phi) is 4.95. The van der Waals surface area contributed by atoms with Gasteiger partial charge in [-0.3, -0.25) is 0 Å². The third-order valence-electron chi connectivity index (χ3n) is 2.82. The molecule has 98 valence electrons. The zero-order chi connectivity index (χ0) is 13.1. The van der Waals surface area contributed by atoms with E-state index in [1.54, 1.807) is 7.11 Å². The van der Waals surface area contributed by atoms with Crippen molar-refractivity contribution in [2.45, 2.75) is 46.6 Å². The molecule has 4 nitrogen and oxygen atoms in total. The fourth-order valence-electron chi connectivity index (χ4n) is 1.75. The highest BCUT2D eigenvalue weighted by Gasteiger charge is 2.23. The number of nitrogens with zero attached hydrogens (tertiary/aromatic N) is 3. The fraction of sp³-hybridized carbons (Fsp3) is 0.833. The highest BCUT2D eigenvalue weighted by molar-refractivity contribution is 6.28. The Morgan fingerprint density at radius 1 is 1.35 bits per heavy atom. The van der Waals surface area contributed by atoms with Crippen LogP contribution >= 0.6 is 11.6 Å². The molecular formula is C12H22ClN3O. The van der Waals surface area contributed by atoms with E-state index in [-0.39, 0.29) is 5.41 Å². The summed E-state index contributed by atoms with van der Waals surface area (Å²) in [6.07, 6.45) is 0.982. The summed E-state index contributed by atoms with van der Waals surface area (Å²) in [5, 5.41) is 8.55. The van der Waals surface area contributed by atoms with Crippen molar-refractivity contribution in [1.29, 1.82) is 0 Å². The molecule has 0 fully saturated rings. The summed E-state index contributed by atoms with van der Waals surface area (Å²) in [4.78, 5) is 0. The van der Waals surface area contributed by atoms with Gasteiger partial charge < -0.3 is 9.30 Å². The fourth-order valence-corrected chi connectivity index (χ4v) is 1.94. The molecule has 17 heavy (non-hydrogen) atoms. The average Bonchev–Trinajstić information content (AvgIpc) is 2.57. The summed E-state index contributed by atoms with van der Waals surface area (Å²) in [7, 11) is 1.72. The molecule has 1 rings (SSSR count). The van der Waals surface area contributed by atoms with Crippen LogP contribution in [-0.4, -0.2) is 28.5 Å². The molecule has 0 N–H and O–H groups in total. The van der Waals surface area contributed by atoms with Crippen LogP contribution in [0.3, 0.4) is 0 Å². The Morgan fingerprint density at radius 2 is 2.00 bits per heavy atom. The van der Waals surface area contributed by atoms with Crippen molar-refractivity contribution in [3.8, 4) is 0 Å². The van der Waals surface area contributed by atoms with Crippen LogP contribution in [0, 0.1) is 5.41 Å². The Bertz CT molecular complexity index is 361. The number of hydrogen-bond donors (Lipinski definition) is 0. The van der Waals surface area contributed by atoms with Gasteiger partial charge in [-0.1, -0.05) is 27.7 Å². The predicted octanol–water partition coefficient (Wildman–Crippen LogP) is 3.12. The molecule has 0 saturated heterocycles. The van der Waals surface area contributed by atoms with Crippen LogP contribution in [0.4, 0.5) is 0 Å². The lowest BCUT2D eigenvalue weighted by molar-refractivity contribution is 0.142. The molecule has 1 aromatic heterocycles. The zero-order valence-electron chi connectivity index (χ0n) is 11.3. The third kappa shape index (κ3) is 3.96. The number of rotatable bonds is 6. The Hall–Kier alpha value is -0.610. The monoisotopic (exact) mass is 259 g/mol. The topological polar surface area (TPSA) is 39.9 Å². The molecule has 0 saturated carbocycles. The molecule has 0 aromatic carbocycles. The van der Waals surface area contributed by atoms with Crippen LogP contribution < -0.4 is 0 Å². The minimum Gasteiger partial charge on any atom is -0.385 e. The molecule has 1 heterocycles. The number of aromatic nitrogens is 3. The Labute approximate surface area is 108 Å². The summed E-state index contributed by atoms with van der Waals surface area (Å²) in [6, 6.07) is 0. The second-order valence-electron chi connectivity index (χ2n) is 5.48. The van der Waals surface area contributed by atoms with Gasteiger partial charge in [0.1, 0.15) is 5.82 Å². The van der Waals surface area contributed by atoms with Gasteiger partial charge in [-0.05, 0) is 23.4 Å². The van der Waals surface area contributed by atoms with Crippen molar-refractivity contribution in [2.24, 2.45) is 5.41 Å². The van der Waals surface area contributed by atoms with Gasteiger partial charge >= 0.3 is 0 Å². The number of ether oxygens (including phenoxy) is 1. The van der Waals surface area contributed by atoms with Crippen molar-refractivity contribution < 1.29 is 4.74 Å². The summed E-state index contributed by atoms with van der Waals surface area (Å²) >= 11 is 6.09. The van der Waals surface area contributed by atoms with Crippen LogP contribution in [0.15, 0.2) is 0 Å². The van der Waals surface area contributed by atoms with Crippen LogP contribution in [0.1, 0.15) is 45.9 Å². The van der Waals surface area contributed by atoms with Crippen LogP contribution in [0.5, 0.6) is 0 Å². The van der Waals surface area contributed by atoms with E-state index < -0.39 is 0 Å². The highest BCUT2D eigenvalue weighted by Crippen LogP contribution is 2.27. The molecular weight excluding hydrogens is 238 g/mol. The van der Waals surface area contributed by atoms with E-state index in [1.807, 2.05) is 4.57 Å². The number of halogens is 1. The molecule has 0 aliphatic heterocycles. The number of hydrogen-bond acceptors (Lipinski definition) is 3. The molecule has 0 amide bonds. The van der Waals surface area contributed by atoms with Gasteiger partial charge in [0.25, 0.3) is 0 Å². The summed E-state index contributed by atoms with van der Waals surface area (Å²) in [5.74, 6) is 1.27. The van der Waals surface area contributed by atoms with Gasteiger partial charge in [-0.2, -0.15) is 0 Å². The molecule has 0 spiro atoms. The van der Waals surface area contributed by atoms with E-state index >= 15 is 0 Å². The van der Waals surface area contributed by atoms with Crippen LogP contribution in [0.2, 0.25) is 5.28 Å². The SMILES string of the molecule is COCCC(C)(C)Cn1c(Cl)nnc1C(C)C. The largest absolute Gasteiger partial charge is 0.385 e. The van der Waals surface area contributed by atoms with Gasteiger partial charge in [0.2, 0.25) is 5.28 Å². The van der Waals surface area contributed by atoms with Gasteiger partial charge in [-0.25, -0.2) is 0 Å². The van der Waals surface area contributed by atoms with Crippen molar-refractivity contribution in [3.05, 3.63) is 11.1 Å². The highest BCUT2D eigenvalue weighted by atomic mass is 35.5. The summed E-state index contributed by atoms with van der Waals surface area (Å²) < 4.78 is 7.13. The van der Waals surface area contributed by atoms with Gasteiger partial charge in [0, 0.05) is 26.2 Å². The standard InChI is InChI=1S/C12H22ClN3O/c1-9(2)10-14-15-11(13)16(10)8-12(3,4)6-7-17-5/h9H,6-8H2,1-5H3. The lowest BCUT2D eigenvalue weighted by Crippen LogP contribution is -2.23. The van der Waals surface area contributed by atoms with Crippen molar-refractivity contribution in [2.75, 3.05) is 13.7 Å². The van der Waals surface area contributed by atoms with E-state index in [0.29, 0.717) is 11.2 Å². The third-order valence-corrected chi connectivity index (χ3v) is 3.10. The van der Waals surface area contributed by atoms with Gasteiger partial charge in [0.15, 0.2) is 0 Å². The second-order valence-corrected chi connectivity index (χ2v) is 5.81. The Morgan fingerprint density at radius 3 is 2.53 bits per heavy atom. The Balaban J connectivity index is 2.82. The molecule has 0 atom stereocenters. The molecule has 5 heteroatoms. The molecule has 0 unspecified atom stereocenters. The predicted molar refractivity (Wildman–Crippen MR) is 69.4 cm³/mol. The van der Waals surface area contributed by atoms with Crippen LogP contribution in [0.25, 0.3) is 0 Å². The van der Waals surface area contributed by atoms with Crippen molar-refractivity contribution in [3.63, 3.8) is 0 Å². The molecule has 1 aromatic rings. The van der Waals surface area contributed by atoms with Gasteiger partial charge in [0.05, 0.1) is 0 Å². The smallest absolute Gasteiger partial charge is 0.225 e. The molecule has 0 radical (unpaired) electrons. The van der Waals surface area contributed by atoms with Crippen LogP contribution in [-0.2, 0) is 11.3 Å². The first-order valence-electron chi connectivity index (χ1n) is 5.95. The quantitative estimate of drug-likeness (QED) is 0.788. The van der Waals surface area contributed by atoms with E-state index in [0.717, 1.165) is 25.4 Å². The summed E-state index contributed by atoms with van der Waals surface area (Å²) in [6.45, 7) is 10.2. The van der Waals surface area contributed by atoms with E-state index in [1.165, 1.54) is 0 Å². The first kappa shape index (κ1) is 14.5. The minimum absolute atomic E-state index is 0.117. The van der Waals surface area contributed by atoms with E-state index in [4.69, 9.17) is 16.3 Å². The normalized spacial score (nSPS) is 12.4. The van der Waals surface area contributed by atoms with E-state index in [9.17, 15) is 0 Å². The molecule has 0 aliphatic rings. The number of methoxy groups -OCH3 is 1. The van der Waals surface area contributed by atoms with Gasteiger partial charge in [-0.15, -0.1) is 10.2 Å². The summed E-state index contributed by atoms with van der Waals surface area (Å²) in [5.41, 5.74) is 0.117. The van der Waals surface area contributed by atoms with E-state index in [2.05, 4.69) is 37.9 Å². The maximum atomic E-state index is 6.09. The first-order chi connectivity index (χ1) is 7.87. The molecule has 0 bridgehead atoms. The first-order valence-corrected chi connectivity index (χ1v) is 6.33. The zero-order valence-corrected chi connectivity index (χ0v) is 12.1. The van der Waals surface area contributed by atoms with Crippen molar-refractivity contribution >= 4 is 11.6 Å². The minimum atomic E-state index is 0.117. The lowest BCUT2D eigenvalue weighted by atomic mass is 9.89. The lowest BCUT2D eigenvalue weighted by Gasteiger charge is -2.26. The maximum absolute atomic E-state index is 6.09. The molecule has 0 aliphatic carbocycles. The average molecular weight is 260 g/mol.